The summed E-state index contributed by atoms with van der Waals surface area (Å²) in [5.41, 5.74) is 2.02. The van der Waals surface area contributed by atoms with E-state index in [9.17, 15) is 14.4 Å². The summed E-state index contributed by atoms with van der Waals surface area (Å²) in [5.74, 6) is -0.471. The molecule has 0 atom stereocenters. The summed E-state index contributed by atoms with van der Waals surface area (Å²) in [5, 5.41) is 4.71. The summed E-state index contributed by atoms with van der Waals surface area (Å²) in [6.45, 7) is 5.18. The lowest BCUT2D eigenvalue weighted by Crippen LogP contribution is -2.42. The van der Waals surface area contributed by atoms with E-state index in [-0.39, 0.29) is 18.6 Å². The molecule has 2 N–H and O–H groups in total. The zero-order chi connectivity index (χ0) is 18.4. The number of nitrogens with one attached hydrogen (secondary N) is 2. The van der Waals surface area contributed by atoms with Crippen molar-refractivity contribution >= 4 is 17.9 Å². The van der Waals surface area contributed by atoms with E-state index >= 15 is 0 Å². The van der Waals surface area contributed by atoms with Crippen LogP contribution in [0.4, 0.5) is 4.79 Å². The number of aryl methyl sites for hydroxylation is 1. The zero-order valence-electron chi connectivity index (χ0n) is 14.8. The number of imide groups is 1. The van der Waals surface area contributed by atoms with Gasteiger partial charge in [0.15, 0.2) is 13.2 Å². The molecular weight excluding hydrogens is 324 g/mol. The van der Waals surface area contributed by atoms with E-state index in [0.717, 1.165) is 24.0 Å². The molecule has 1 fully saturated rings. The first-order chi connectivity index (χ1) is 11.8. The maximum Gasteiger partial charge on any atom is 0.344 e. The minimum absolute atomic E-state index is 0.147. The van der Waals surface area contributed by atoms with Gasteiger partial charge in [-0.15, -0.1) is 0 Å². The van der Waals surface area contributed by atoms with Crippen LogP contribution in [0.5, 0.6) is 5.75 Å². The van der Waals surface area contributed by atoms with E-state index in [1.54, 1.807) is 0 Å². The quantitative estimate of drug-likeness (QED) is 0.736. The molecule has 0 aromatic heterocycles. The van der Waals surface area contributed by atoms with Crippen molar-refractivity contribution in [3.05, 3.63) is 29.3 Å². The first kappa shape index (κ1) is 18.8. The summed E-state index contributed by atoms with van der Waals surface area (Å²) in [7, 11) is 0. The van der Waals surface area contributed by atoms with Crippen molar-refractivity contribution in [1.29, 1.82) is 0 Å². The van der Waals surface area contributed by atoms with E-state index in [1.807, 2.05) is 39.0 Å². The van der Waals surface area contributed by atoms with Gasteiger partial charge in [0.25, 0.3) is 5.91 Å². The number of amides is 3. The first-order valence-corrected chi connectivity index (χ1v) is 8.34. The predicted octanol–water partition coefficient (Wildman–Crippen LogP) is 2.03. The second kappa shape index (κ2) is 8.50. The van der Waals surface area contributed by atoms with Gasteiger partial charge < -0.3 is 14.8 Å². The minimum Gasteiger partial charge on any atom is -0.482 e. The van der Waals surface area contributed by atoms with Gasteiger partial charge in [-0.05, 0) is 42.9 Å². The number of hydrogen-bond donors (Lipinski definition) is 2. The lowest BCUT2D eigenvalue weighted by Gasteiger charge is -2.14. The Bertz CT molecular complexity index is 653. The maximum absolute atomic E-state index is 11.7. The Hall–Kier alpha value is -2.57. The Balaban J connectivity index is 1.74. The van der Waals surface area contributed by atoms with Crippen LogP contribution < -0.4 is 15.4 Å². The second-order valence-corrected chi connectivity index (χ2v) is 6.44. The van der Waals surface area contributed by atoms with Crippen molar-refractivity contribution in [2.45, 2.75) is 45.6 Å². The number of urea groups is 1. The fraction of sp³-hybridized carbons (Fsp3) is 0.500. The summed E-state index contributed by atoms with van der Waals surface area (Å²) in [6.07, 6.45) is 1.84. The molecule has 0 spiro atoms. The number of carbonyl (C=O) groups excluding carboxylic acids is 3. The van der Waals surface area contributed by atoms with Gasteiger partial charge in [-0.25, -0.2) is 9.59 Å². The van der Waals surface area contributed by atoms with E-state index in [4.69, 9.17) is 9.47 Å². The van der Waals surface area contributed by atoms with Gasteiger partial charge in [0.1, 0.15) is 5.75 Å². The third-order valence-electron chi connectivity index (χ3n) is 3.67. The molecule has 0 heterocycles. The lowest BCUT2D eigenvalue weighted by atomic mass is 10.0. The number of ether oxygens (including phenoxy) is 2. The highest BCUT2D eigenvalue weighted by atomic mass is 16.6. The monoisotopic (exact) mass is 348 g/mol. The summed E-state index contributed by atoms with van der Waals surface area (Å²) < 4.78 is 10.4. The largest absolute Gasteiger partial charge is 0.482 e. The van der Waals surface area contributed by atoms with Crippen LogP contribution in [0.25, 0.3) is 0 Å². The average molecular weight is 348 g/mol. The summed E-state index contributed by atoms with van der Waals surface area (Å²) in [6, 6.07) is 5.39. The van der Waals surface area contributed by atoms with Crippen LogP contribution in [0.1, 0.15) is 43.7 Å². The molecule has 3 amide bonds. The predicted molar refractivity (Wildman–Crippen MR) is 91.4 cm³/mol. The molecule has 0 saturated heterocycles. The van der Waals surface area contributed by atoms with E-state index in [0.29, 0.717) is 5.75 Å². The van der Waals surface area contributed by atoms with Gasteiger partial charge in [-0.2, -0.15) is 0 Å². The van der Waals surface area contributed by atoms with Crippen molar-refractivity contribution in [3.63, 3.8) is 0 Å². The average Bonchev–Trinajstić information content (AvgIpc) is 3.34. The molecule has 1 aliphatic carbocycles. The molecule has 1 aromatic rings. The highest BCUT2D eigenvalue weighted by Gasteiger charge is 2.24. The van der Waals surface area contributed by atoms with Crippen molar-refractivity contribution in [3.8, 4) is 5.75 Å². The highest BCUT2D eigenvalue weighted by Crippen LogP contribution is 2.27. The Morgan fingerprint density at radius 1 is 1.20 bits per heavy atom. The molecule has 0 aliphatic heterocycles. The number of rotatable bonds is 7. The molecule has 2 rings (SSSR count). The third kappa shape index (κ3) is 6.45. The molecule has 25 heavy (non-hydrogen) atoms. The third-order valence-corrected chi connectivity index (χ3v) is 3.67. The molecule has 136 valence electrons. The van der Waals surface area contributed by atoms with Crippen LogP contribution in [-0.4, -0.2) is 37.2 Å². The second-order valence-electron chi connectivity index (χ2n) is 6.44. The van der Waals surface area contributed by atoms with Crippen LogP contribution in [0.15, 0.2) is 18.2 Å². The van der Waals surface area contributed by atoms with Gasteiger partial charge in [0.2, 0.25) is 0 Å². The topological polar surface area (TPSA) is 93.7 Å². The molecular formula is C18H24N2O5. The SMILES string of the molecule is Cc1ccc(C(C)C)c(OCC(=O)OCC(=O)NC(=O)NC2CC2)c1. The fourth-order valence-corrected chi connectivity index (χ4v) is 2.18. The normalized spacial score (nSPS) is 13.3. The van der Waals surface area contributed by atoms with Gasteiger partial charge in [-0.3, -0.25) is 10.1 Å². The standard InChI is InChI=1S/C18H24N2O5/c1-11(2)14-7-4-12(3)8-15(14)24-10-17(22)25-9-16(21)20-18(23)19-13-5-6-13/h4,7-8,11,13H,5-6,9-10H2,1-3H3,(H2,19,20,21,23). The smallest absolute Gasteiger partial charge is 0.344 e. The van der Waals surface area contributed by atoms with Crippen molar-refractivity contribution in [2.75, 3.05) is 13.2 Å². The van der Waals surface area contributed by atoms with Crippen molar-refractivity contribution in [2.24, 2.45) is 0 Å². The number of esters is 1. The minimum atomic E-state index is -0.676. The molecule has 0 unspecified atom stereocenters. The Labute approximate surface area is 147 Å². The van der Waals surface area contributed by atoms with E-state index in [1.165, 1.54) is 0 Å². The Morgan fingerprint density at radius 3 is 2.56 bits per heavy atom. The van der Waals surface area contributed by atoms with Crippen LogP contribution in [0.3, 0.4) is 0 Å². The first-order valence-electron chi connectivity index (χ1n) is 8.34. The summed E-state index contributed by atoms with van der Waals surface area (Å²) >= 11 is 0. The van der Waals surface area contributed by atoms with Crippen LogP contribution in [0, 0.1) is 6.92 Å². The molecule has 0 bridgehead atoms. The molecule has 7 heteroatoms. The van der Waals surface area contributed by atoms with Crippen LogP contribution in [-0.2, 0) is 14.3 Å². The van der Waals surface area contributed by atoms with Crippen molar-refractivity contribution in [1.82, 2.24) is 10.6 Å². The molecule has 1 aromatic carbocycles. The van der Waals surface area contributed by atoms with Gasteiger partial charge >= 0.3 is 12.0 Å². The molecule has 7 nitrogen and oxygen atoms in total. The number of benzene rings is 1. The summed E-state index contributed by atoms with van der Waals surface area (Å²) in [4.78, 5) is 34.6. The van der Waals surface area contributed by atoms with Crippen molar-refractivity contribution < 1.29 is 23.9 Å². The Morgan fingerprint density at radius 2 is 1.92 bits per heavy atom. The highest BCUT2D eigenvalue weighted by molar-refractivity contribution is 5.95. The van der Waals surface area contributed by atoms with E-state index in [2.05, 4.69) is 10.6 Å². The Kier molecular flexibility index (Phi) is 6.38. The van der Waals surface area contributed by atoms with E-state index < -0.39 is 24.5 Å². The number of carbonyl (C=O) groups is 3. The zero-order valence-corrected chi connectivity index (χ0v) is 14.8. The van der Waals surface area contributed by atoms with Gasteiger partial charge in [0.05, 0.1) is 0 Å². The van der Waals surface area contributed by atoms with Crippen LogP contribution in [0.2, 0.25) is 0 Å². The van der Waals surface area contributed by atoms with Crippen LogP contribution >= 0.6 is 0 Å². The van der Waals surface area contributed by atoms with Gasteiger partial charge in [-0.1, -0.05) is 26.0 Å². The lowest BCUT2D eigenvalue weighted by molar-refractivity contribution is -0.150. The number of hydrogen-bond acceptors (Lipinski definition) is 5. The van der Waals surface area contributed by atoms with Gasteiger partial charge in [0, 0.05) is 6.04 Å². The maximum atomic E-state index is 11.7. The molecule has 0 radical (unpaired) electrons. The molecule has 1 saturated carbocycles. The molecule has 1 aliphatic rings. The fourth-order valence-electron chi connectivity index (χ4n) is 2.18.